The summed E-state index contributed by atoms with van der Waals surface area (Å²) in [4.78, 5) is 0. The zero-order chi connectivity index (χ0) is 21.5. The van der Waals surface area contributed by atoms with E-state index in [2.05, 4.69) is 44.9 Å². The van der Waals surface area contributed by atoms with Gasteiger partial charge in [0.2, 0.25) is 0 Å². The second kappa shape index (κ2) is 28.7. The molecular weight excluding hydrogens is 427 g/mol. The van der Waals surface area contributed by atoms with E-state index in [9.17, 15) is 15.3 Å². The second-order valence-corrected chi connectivity index (χ2v) is 6.42. The van der Waals surface area contributed by atoms with Crippen LogP contribution in [0.5, 0.6) is 0 Å². The van der Waals surface area contributed by atoms with Crippen molar-refractivity contribution in [2.24, 2.45) is 0 Å². The van der Waals surface area contributed by atoms with Crippen LogP contribution in [0.3, 0.4) is 0 Å². The first-order valence-electron chi connectivity index (χ1n) is 9.81. The average molecular weight is 468 g/mol. The summed E-state index contributed by atoms with van der Waals surface area (Å²) in [6.07, 6.45) is 17.8. The maximum Gasteiger partial charge on any atom is 4.00 e. The molecule has 1 aliphatic rings. The van der Waals surface area contributed by atoms with Crippen LogP contribution >= 0.6 is 0 Å². The quantitative estimate of drug-likeness (QED) is 0.382. The van der Waals surface area contributed by atoms with Crippen molar-refractivity contribution in [2.75, 3.05) is 0 Å². The van der Waals surface area contributed by atoms with Crippen LogP contribution in [-0.4, -0.2) is 18.3 Å². The first-order valence-corrected chi connectivity index (χ1v) is 9.81. The summed E-state index contributed by atoms with van der Waals surface area (Å²) in [5.41, 5.74) is 1.41. The van der Waals surface area contributed by atoms with E-state index in [1.54, 1.807) is 39.0 Å². The monoisotopic (exact) mass is 466 g/mol. The molecule has 4 heteroatoms. The number of hydrogen-bond donors (Lipinski definition) is 0. The normalized spacial score (nSPS) is 14.0. The number of unbranched alkanes of at least 4 members (excludes halogenated alkanes) is 1. The fourth-order valence-corrected chi connectivity index (χ4v) is 1.69. The third-order valence-corrected chi connectivity index (χ3v) is 3.06. The average Bonchev–Trinajstić information content (AvgIpc) is 3.07. The van der Waals surface area contributed by atoms with Crippen LogP contribution in [0.2, 0.25) is 0 Å². The third kappa shape index (κ3) is 40.2. The summed E-state index contributed by atoms with van der Waals surface area (Å²) in [7, 11) is 0. The summed E-state index contributed by atoms with van der Waals surface area (Å²) < 4.78 is 0. The molecule has 0 saturated carbocycles. The molecule has 0 bridgehead atoms. The van der Waals surface area contributed by atoms with E-state index in [1.807, 2.05) is 0 Å². The molecule has 1 rings (SSSR count). The molecule has 0 amide bonds. The smallest absolute Gasteiger partial charge is 0.852 e. The molecule has 3 unspecified atom stereocenters. The number of allylic oxidation sites excluding steroid dienone is 4. The maximum absolute atomic E-state index is 10.1. The Kier molecular flexibility index (Phi) is 35.8. The van der Waals surface area contributed by atoms with Gasteiger partial charge in [-0.2, -0.15) is 6.08 Å². The minimum absolute atomic E-state index is 0. The molecule has 158 valence electrons. The Bertz CT molecular complexity index is 363. The second-order valence-electron chi connectivity index (χ2n) is 6.42. The Morgan fingerprint density at radius 3 is 1.50 bits per heavy atom. The minimum Gasteiger partial charge on any atom is -0.852 e. The van der Waals surface area contributed by atoms with E-state index >= 15 is 0 Å². The largest absolute Gasteiger partial charge is 4.00 e. The molecule has 0 aromatic rings. The molecule has 0 aliphatic heterocycles. The molecule has 1 aliphatic carbocycles. The molecular formula is C24H40O3Zr. The first kappa shape index (κ1) is 34.9. The standard InChI is InChI=1S/C9H13.3C5H9O.Zr/c1-2-3-6-9-7-4-5-8-9;3*1-3-4-5(2)6;/h4,7H,2-3,5-6H2,1H3;3*3,5H,1,4H2,2H3;/q4*-1;+4. The van der Waals surface area contributed by atoms with Crippen molar-refractivity contribution in [1.29, 1.82) is 0 Å². The molecule has 0 radical (unpaired) electrons. The third-order valence-electron chi connectivity index (χ3n) is 3.06. The van der Waals surface area contributed by atoms with E-state index in [0.29, 0.717) is 19.3 Å². The molecule has 0 spiro atoms. The zero-order valence-electron chi connectivity index (χ0n) is 18.4. The predicted molar refractivity (Wildman–Crippen MR) is 113 cm³/mol. The van der Waals surface area contributed by atoms with Crippen molar-refractivity contribution in [3.05, 3.63) is 61.8 Å². The predicted octanol–water partition coefficient (Wildman–Crippen LogP) is 3.80. The fourth-order valence-electron chi connectivity index (χ4n) is 1.69. The Balaban J connectivity index is -0.000000139. The van der Waals surface area contributed by atoms with Crippen LogP contribution in [0.15, 0.2) is 55.7 Å². The van der Waals surface area contributed by atoms with E-state index in [1.165, 1.54) is 24.8 Å². The van der Waals surface area contributed by atoms with E-state index in [0.717, 1.165) is 6.42 Å². The molecule has 0 aromatic heterocycles. The van der Waals surface area contributed by atoms with E-state index in [-0.39, 0.29) is 26.2 Å². The Labute approximate surface area is 193 Å². The van der Waals surface area contributed by atoms with Crippen molar-refractivity contribution in [1.82, 2.24) is 0 Å². The van der Waals surface area contributed by atoms with Gasteiger partial charge < -0.3 is 15.3 Å². The van der Waals surface area contributed by atoms with Crippen LogP contribution in [0.4, 0.5) is 0 Å². The van der Waals surface area contributed by atoms with E-state index in [4.69, 9.17) is 0 Å². The maximum atomic E-state index is 10.1. The van der Waals surface area contributed by atoms with Gasteiger partial charge >= 0.3 is 26.2 Å². The molecule has 28 heavy (non-hydrogen) atoms. The van der Waals surface area contributed by atoms with Crippen LogP contribution in [0.1, 0.15) is 72.6 Å². The van der Waals surface area contributed by atoms with Crippen molar-refractivity contribution in [2.45, 2.75) is 91.0 Å². The molecule has 0 N–H and O–H groups in total. The summed E-state index contributed by atoms with van der Waals surface area (Å²) in [5, 5.41) is 30.2. The van der Waals surface area contributed by atoms with Crippen molar-refractivity contribution in [3.63, 3.8) is 0 Å². The van der Waals surface area contributed by atoms with Crippen LogP contribution in [0, 0.1) is 6.08 Å². The number of rotatable bonds is 9. The Morgan fingerprint density at radius 2 is 1.32 bits per heavy atom. The minimum atomic E-state index is -0.470. The van der Waals surface area contributed by atoms with Gasteiger partial charge in [0.15, 0.2) is 0 Å². The Morgan fingerprint density at radius 1 is 0.929 bits per heavy atom. The summed E-state index contributed by atoms with van der Waals surface area (Å²) >= 11 is 0. The van der Waals surface area contributed by atoms with Gasteiger partial charge in [-0.05, 0) is 19.3 Å². The SMILES string of the molecule is C=CCC(C)[O-].C=CCC(C)[O-].C=CCC(C)[O-].CCCCC1=[C-]CC=C1.[Zr+4]. The number of hydrogen-bond acceptors (Lipinski definition) is 3. The Hall–Kier alpha value is -0.537. The molecule has 0 saturated heterocycles. The van der Waals surface area contributed by atoms with Gasteiger partial charge in [0.1, 0.15) is 0 Å². The van der Waals surface area contributed by atoms with Gasteiger partial charge in [-0.25, -0.2) is 11.6 Å². The van der Waals surface area contributed by atoms with Crippen molar-refractivity contribution < 1.29 is 41.5 Å². The van der Waals surface area contributed by atoms with E-state index < -0.39 is 18.3 Å². The zero-order valence-corrected chi connectivity index (χ0v) is 20.9. The summed E-state index contributed by atoms with van der Waals surface area (Å²) in [6, 6.07) is 0. The van der Waals surface area contributed by atoms with Gasteiger partial charge in [-0.1, -0.05) is 65.2 Å². The summed E-state index contributed by atoms with van der Waals surface area (Å²) in [6.45, 7) is 17.3. The van der Waals surface area contributed by atoms with Gasteiger partial charge in [-0.15, -0.1) is 44.5 Å². The van der Waals surface area contributed by atoms with Crippen LogP contribution in [-0.2, 0) is 26.2 Å². The van der Waals surface area contributed by atoms with Gasteiger partial charge in [0.05, 0.1) is 0 Å². The van der Waals surface area contributed by atoms with Gasteiger partial charge in [-0.3, -0.25) is 6.08 Å². The summed E-state index contributed by atoms with van der Waals surface area (Å²) in [5.74, 6) is 0. The molecule has 3 atom stereocenters. The molecule has 3 nitrogen and oxygen atoms in total. The molecule has 0 aromatic carbocycles. The van der Waals surface area contributed by atoms with Crippen LogP contribution < -0.4 is 15.3 Å². The fraction of sp³-hybridized carbons (Fsp3) is 0.583. The first-order chi connectivity index (χ1) is 12.7. The van der Waals surface area contributed by atoms with Crippen LogP contribution in [0.25, 0.3) is 0 Å². The van der Waals surface area contributed by atoms with Crippen molar-refractivity contribution >= 4 is 0 Å². The molecule has 0 fully saturated rings. The molecule has 0 heterocycles. The topological polar surface area (TPSA) is 69.2 Å². The van der Waals surface area contributed by atoms with Crippen molar-refractivity contribution in [3.8, 4) is 0 Å². The van der Waals surface area contributed by atoms with Gasteiger partial charge in [0, 0.05) is 0 Å². The van der Waals surface area contributed by atoms with Gasteiger partial charge in [0.25, 0.3) is 0 Å².